The molecule has 2 amide bonds. The molecule has 70 heavy (non-hydrogen) atoms. The summed E-state index contributed by atoms with van der Waals surface area (Å²) in [6.45, 7) is 5.69. The van der Waals surface area contributed by atoms with Crippen LogP contribution in [0.3, 0.4) is 0 Å². The summed E-state index contributed by atoms with van der Waals surface area (Å²) >= 11 is 13.5. The normalized spacial score (nSPS) is 16.4. The van der Waals surface area contributed by atoms with Crippen LogP contribution in [0.5, 0.6) is 11.6 Å². The van der Waals surface area contributed by atoms with Crippen molar-refractivity contribution >= 4 is 85.5 Å². The standard InChI is InChI=1S/C29H29ClFN5O2S.C23H26BrN5OS/c1-17-12-19(2-6-22(17)29(37)34-20-3-4-20)26-16-33-28-25(32-15-18-8-10-39-11-9-18)14-27(35-36(26)28)38-21-5-7-23(30)24(31)13-21;1-14-10-16(2-5-18(14)23(30)27-17-3-4-17)20-13-26-22-19(11-21(24)28-29(20)22)25-12-15-6-8-31-9-7-15/h2,5-7,12-14,16,18,20,32H,3-4,8-11,15H2,1H3,(H,34,37);2,5,10-11,13,15,17,25H,3-4,6-9,12H2,1H3,(H,27,30). The molecule has 0 unspecified atom stereocenters. The maximum atomic E-state index is 14.1. The summed E-state index contributed by atoms with van der Waals surface area (Å²) in [5, 5.41) is 22.7. The molecule has 2 saturated carbocycles. The molecule has 2 saturated heterocycles. The van der Waals surface area contributed by atoms with E-state index in [2.05, 4.69) is 52.3 Å². The average Bonchev–Trinajstić information content (AvgIpc) is 4.28. The molecule has 2 aliphatic heterocycles. The molecule has 3 aromatic carbocycles. The lowest BCUT2D eigenvalue weighted by Crippen LogP contribution is -2.26. The van der Waals surface area contributed by atoms with Crippen LogP contribution in [-0.2, 0) is 0 Å². The lowest BCUT2D eigenvalue weighted by Gasteiger charge is -2.22. The molecule has 0 spiro atoms. The fourth-order valence-electron chi connectivity index (χ4n) is 8.80. The van der Waals surface area contributed by atoms with Gasteiger partial charge in [0.25, 0.3) is 11.8 Å². The van der Waals surface area contributed by atoms with E-state index in [1.165, 1.54) is 60.8 Å². The smallest absolute Gasteiger partial charge is 0.251 e. The molecule has 0 radical (unpaired) electrons. The SMILES string of the molecule is Cc1cc(-c2cnc3c(NCC4CCSCC4)cc(Br)nn23)ccc1C(=O)NC1CC1.Cc1cc(-c2cnc3c(NCC4CCSCC4)cc(Oc4ccc(Cl)c(F)c4)nn23)ccc1C(=O)NC1CC1. The van der Waals surface area contributed by atoms with Crippen molar-refractivity contribution in [1.82, 2.24) is 39.8 Å². The number of aryl methyl sites for hydroxylation is 2. The van der Waals surface area contributed by atoms with Gasteiger partial charge in [-0.3, -0.25) is 9.59 Å². The molecule has 6 heterocycles. The van der Waals surface area contributed by atoms with Gasteiger partial charge >= 0.3 is 0 Å². The van der Waals surface area contributed by atoms with Crippen molar-refractivity contribution in [2.75, 3.05) is 46.7 Å². The van der Waals surface area contributed by atoms with Crippen LogP contribution in [0, 0.1) is 31.5 Å². The summed E-state index contributed by atoms with van der Waals surface area (Å²) in [5.41, 5.74) is 10.0. The molecule has 2 aliphatic carbocycles. The van der Waals surface area contributed by atoms with Gasteiger partial charge in [-0.05, 0) is 170 Å². The Hall–Kier alpha value is -5.36. The first-order valence-electron chi connectivity index (χ1n) is 24.1. The van der Waals surface area contributed by atoms with Crippen molar-refractivity contribution in [3.8, 4) is 34.1 Å². The van der Waals surface area contributed by atoms with E-state index in [9.17, 15) is 14.0 Å². The van der Waals surface area contributed by atoms with Crippen LogP contribution < -0.4 is 26.0 Å². The molecule has 4 aliphatic rings. The van der Waals surface area contributed by atoms with E-state index in [0.29, 0.717) is 46.8 Å². The van der Waals surface area contributed by atoms with Crippen molar-refractivity contribution in [1.29, 1.82) is 0 Å². The number of nitrogens with one attached hydrogen (secondary N) is 4. The third-order valence-corrected chi connectivity index (χ3v) is 16.0. The van der Waals surface area contributed by atoms with Crippen LogP contribution in [0.15, 0.2) is 83.7 Å². The van der Waals surface area contributed by atoms with Crippen LogP contribution in [0.4, 0.5) is 15.8 Å². The second kappa shape index (κ2) is 21.6. The largest absolute Gasteiger partial charge is 0.437 e. The lowest BCUT2D eigenvalue weighted by atomic mass is 10.0. The van der Waals surface area contributed by atoms with Gasteiger partial charge in [0, 0.05) is 59.6 Å². The Morgan fingerprint density at radius 2 is 1.19 bits per heavy atom. The van der Waals surface area contributed by atoms with Gasteiger partial charge in [-0.25, -0.2) is 23.4 Å². The molecule has 7 aromatic rings. The third kappa shape index (κ3) is 11.5. The molecule has 0 bridgehead atoms. The molecule has 4 N–H and O–H groups in total. The molecule has 0 atom stereocenters. The molecule has 4 aromatic heterocycles. The maximum absolute atomic E-state index is 14.1. The van der Waals surface area contributed by atoms with E-state index in [1.807, 2.05) is 90.5 Å². The fraction of sp³-hybridized carbons (Fsp3) is 0.385. The zero-order valence-electron chi connectivity index (χ0n) is 39.1. The average molecular weight is 1070 g/mol. The Bertz CT molecular complexity index is 3060. The Kier molecular flexibility index (Phi) is 14.9. The number of imidazole rings is 2. The predicted octanol–water partition coefficient (Wildman–Crippen LogP) is 11.7. The first-order chi connectivity index (χ1) is 34.0. The quantitative estimate of drug-likeness (QED) is 0.0824. The summed E-state index contributed by atoms with van der Waals surface area (Å²) in [4.78, 5) is 34.5. The summed E-state index contributed by atoms with van der Waals surface area (Å²) in [6, 6.07) is 20.4. The first kappa shape index (κ1) is 48.3. The number of hydrogen-bond donors (Lipinski definition) is 4. The molecule has 4 fully saturated rings. The number of fused-ring (bicyclic) bond motifs is 2. The van der Waals surface area contributed by atoms with Crippen molar-refractivity contribution in [3.05, 3.63) is 117 Å². The number of hydrogen-bond acceptors (Lipinski definition) is 11. The Labute approximate surface area is 428 Å². The van der Waals surface area contributed by atoms with E-state index in [1.54, 1.807) is 22.8 Å². The van der Waals surface area contributed by atoms with Crippen molar-refractivity contribution in [2.24, 2.45) is 11.8 Å². The second-order valence-electron chi connectivity index (χ2n) is 18.6. The number of aromatic nitrogens is 6. The monoisotopic (exact) mass is 1060 g/mol. The summed E-state index contributed by atoms with van der Waals surface area (Å²) in [6.07, 6.45) is 12.8. The van der Waals surface area contributed by atoms with Gasteiger partial charge in [0.2, 0.25) is 5.88 Å². The number of anilines is 2. The van der Waals surface area contributed by atoms with Gasteiger partial charge in [-0.1, -0.05) is 23.7 Å². The Morgan fingerprint density at radius 3 is 1.67 bits per heavy atom. The number of benzene rings is 3. The number of nitrogens with zero attached hydrogens (tertiary/aromatic N) is 6. The van der Waals surface area contributed by atoms with Crippen LogP contribution in [0.2, 0.25) is 5.02 Å². The predicted molar refractivity (Wildman–Crippen MR) is 284 cm³/mol. The Morgan fingerprint density at radius 1 is 0.686 bits per heavy atom. The van der Waals surface area contributed by atoms with Crippen LogP contribution in [0.1, 0.15) is 83.2 Å². The van der Waals surface area contributed by atoms with E-state index in [0.717, 1.165) is 99.6 Å². The number of thioether (sulfide) groups is 2. The molecular formula is C52H55BrClFN10O3S2. The third-order valence-electron chi connectivity index (χ3n) is 13.2. The highest BCUT2D eigenvalue weighted by molar-refractivity contribution is 9.10. The number of halogens is 3. The molecule has 18 heteroatoms. The minimum atomic E-state index is -0.562. The summed E-state index contributed by atoms with van der Waals surface area (Å²) in [5.74, 6) is 6.15. The molecular weight excluding hydrogens is 1010 g/mol. The molecule has 13 nitrogen and oxygen atoms in total. The summed E-state index contributed by atoms with van der Waals surface area (Å²) in [7, 11) is 0. The van der Waals surface area contributed by atoms with Gasteiger partial charge in [-0.2, -0.15) is 28.6 Å². The number of amides is 2. The van der Waals surface area contributed by atoms with Gasteiger partial charge in [0.05, 0.1) is 40.2 Å². The number of ether oxygens (including phenoxy) is 1. The van der Waals surface area contributed by atoms with Gasteiger partial charge in [0.15, 0.2) is 11.3 Å². The van der Waals surface area contributed by atoms with Crippen LogP contribution in [0.25, 0.3) is 33.8 Å². The minimum absolute atomic E-state index is 0.0122. The van der Waals surface area contributed by atoms with Gasteiger partial charge < -0.3 is 26.0 Å². The van der Waals surface area contributed by atoms with Gasteiger partial charge in [0.1, 0.15) is 16.2 Å². The van der Waals surface area contributed by atoms with Crippen molar-refractivity contribution in [2.45, 2.75) is 77.3 Å². The maximum Gasteiger partial charge on any atom is 0.251 e. The zero-order chi connectivity index (χ0) is 48.3. The van der Waals surface area contributed by atoms with Crippen molar-refractivity contribution in [3.63, 3.8) is 0 Å². The topological polar surface area (TPSA) is 152 Å². The second-order valence-corrected chi connectivity index (χ2v) is 22.3. The zero-order valence-corrected chi connectivity index (χ0v) is 43.0. The lowest BCUT2D eigenvalue weighted by molar-refractivity contribution is 0.0942. The van der Waals surface area contributed by atoms with E-state index in [4.69, 9.17) is 21.4 Å². The first-order valence-corrected chi connectivity index (χ1v) is 27.5. The van der Waals surface area contributed by atoms with E-state index >= 15 is 0 Å². The van der Waals surface area contributed by atoms with Crippen LogP contribution in [-0.4, -0.2) is 89.2 Å². The highest BCUT2D eigenvalue weighted by Gasteiger charge is 2.26. The molecule has 11 rings (SSSR count). The number of carbonyl (C=O) groups is 2. The minimum Gasteiger partial charge on any atom is -0.437 e. The number of rotatable bonds is 14. The molecule has 364 valence electrons. The fourth-order valence-corrected chi connectivity index (χ4v) is 11.7. The highest BCUT2D eigenvalue weighted by atomic mass is 79.9. The van der Waals surface area contributed by atoms with E-state index in [-0.39, 0.29) is 16.8 Å². The summed E-state index contributed by atoms with van der Waals surface area (Å²) < 4.78 is 24.4. The Balaban J connectivity index is 0.000000166. The number of carbonyl (C=O) groups excluding carboxylic acids is 2. The van der Waals surface area contributed by atoms with Crippen molar-refractivity contribution < 1.29 is 18.7 Å². The van der Waals surface area contributed by atoms with Crippen LogP contribution >= 0.6 is 51.1 Å². The highest BCUT2D eigenvalue weighted by Crippen LogP contribution is 2.34. The van der Waals surface area contributed by atoms with Gasteiger partial charge in [-0.15, -0.1) is 5.10 Å². The van der Waals surface area contributed by atoms with E-state index < -0.39 is 5.82 Å².